The summed E-state index contributed by atoms with van der Waals surface area (Å²) in [7, 11) is 0. The SMILES string of the molecule is N#CCC(NCCCc1c(C#N)cccc1CCc1ccc(Cl)cc1)c1ccc(-c2ccccc2)cc1. The van der Waals surface area contributed by atoms with Crippen molar-refractivity contribution in [2.24, 2.45) is 0 Å². The van der Waals surface area contributed by atoms with E-state index in [0.29, 0.717) is 6.42 Å². The van der Waals surface area contributed by atoms with E-state index in [1.54, 1.807) is 0 Å². The zero-order valence-corrected chi connectivity index (χ0v) is 21.6. The van der Waals surface area contributed by atoms with E-state index in [9.17, 15) is 10.5 Å². The van der Waals surface area contributed by atoms with Gasteiger partial charge in [-0.25, -0.2) is 0 Å². The molecule has 0 aliphatic rings. The van der Waals surface area contributed by atoms with Gasteiger partial charge in [0, 0.05) is 11.1 Å². The molecule has 3 nitrogen and oxygen atoms in total. The predicted molar refractivity (Wildman–Crippen MR) is 151 cm³/mol. The molecule has 0 bridgehead atoms. The number of benzene rings is 4. The standard InChI is InChI=1S/C33H30ClN3/c34-31-19-12-25(13-20-31)11-14-28-8-4-9-30(24-36)32(28)10-5-23-37-33(21-22-35)29-17-15-27(16-18-29)26-6-2-1-3-7-26/h1-4,6-9,12-13,15-20,33,37H,5,10-11,14,21,23H2. The molecule has 0 aliphatic heterocycles. The van der Waals surface area contributed by atoms with Crippen molar-refractivity contribution in [1.82, 2.24) is 5.32 Å². The van der Waals surface area contributed by atoms with Gasteiger partial charge in [-0.2, -0.15) is 10.5 Å². The minimum absolute atomic E-state index is 0.0228. The average Bonchev–Trinajstić information content (AvgIpc) is 2.95. The van der Waals surface area contributed by atoms with Crippen LogP contribution in [0, 0.1) is 22.7 Å². The fraction of sp³-hybridized carbons (Fsp3) is 0.212. The van der Waals surface area contributed by atoms with Crippen LogP contribution < -0.4 is 5.32 Å². The quantitative estimate of drug-likeness (QED) is 0.212. The molecule has 0 heterocycles. The van der Waals surface area contributed by atoms with Gasteiger partial charge in [0.15, 0.2) is 0 Å². The highest BCUT2D eigenvalue weighted by Crippen LogP contribution is 2.24. The fourth-order valence-electron chi connectivity index (χ4n) is 4.68. The molecule has 37 heavy (non-hydrogen) atoms. The van der Waals surface area contributed by atoms with E-state index in [1.165, 1.54) is 22.3 Å². The highest BCUT2D eigenvalue weighted by molar-refractivity contribution is 6.30. The molecule has 4 heteroatoms. The van der Waals surface area contributed by atoms with Crippen molar-refractivity contribution in [3.8, 4) is 23.3 Å². The smallest absolute Gasteiger partial charge is 0.0994 e. The van der Waals surface area contributed by atoms with Crippen molar-refractivity contribution in [3.63, 3.8) is 0 Å². The van der Waals surface area contributed by atoms with E-state index in [2.05, 4.69) is 72.1 Å². The predicted octanol–water partition coefficient (Wildman–Crippen LogP) is 7.84. The Morgan fingerprint density at radius 2 is 1.46 bits per heavy atom. The van der Waals surface area contributed by atoms with Crippen LogP contribution >= 0.6 is 11.6 Å². The van der Waals surface area contributed by atoms with Gasteiger partial charge in [0.05, 0.1) is 24.1 Å². The largest absolute Gasteiger partial charge is 0.309 e. The molecule has 0 amide bonds. The van der Waals surface area contributed by atoms with Gasteiger partial charge >= 0.3 is 0 Å². The molecule has 0 aromatic heterocycles. The molecule has 0 saturated heterocycles. The first kappa shape index (κ1) is 26.2. The summed E-state index contributed by atoms with van der Waals surface area (Å²) in [6.07, 6.45) is 3.90. The van der Waals surface area contributed by atoms with Crippen LogP contribution in [0.2, 0.25) is 5.02 Å². The van der Waals surface area contributed by atoms with Gasteiger partial charge < -0.3 is 5.32 Å². The maximum absolute atomic E-state index is 9.71. The Morgan fingerprint density at radius 3 is 2.16 bits per heavy atom. The molecular formula is C33H30ClN3. The second kappa shape index (κ2) is 13.4. The van der Waals surface area contributed by atoms with Crippen molar-refractivity contribution in [1.29, 1.82) is 10.5 Å². The molecule has 4 rings (SSSR count). The lowest BCUT2D eigenvalue weighted by molar-refractivity contribution is 0.530. The van der Waals surface area contributed by atoms with Gasteiger partial charge in [0.25, 0.3) is 0 Å². The minimum Gasteiger partial charge on any atom is -0.309 e. The van der Waals surface area contributed by atoms with Crippen molar-refractivity contribution >= 4 is 11.6 Å². The summed E-state index contributed by atoms with van der Waals surface area (Å²) in [6.45, 7) is 0.767. The number of aryl methyl sites for hydroxylation is 2. The van der Waals surface area contributed by atoms with E-state index in [1.807, 2.05) is 42.5 Å². The molecule has 1 atom stereocenters. The maximum Gasteiger partial charge on any atom is 0.0994 e. The number of nitriles is 2. The van der Waals surface area contributed by atoms with Gasteiger partial charge in [-0.05, 0) is 83.8 Å². The molecule has 184 valence electrons. The summed E-state index contributed by atoms with van der Waals surface area (Å²) in [4.78, 5) is 0. The van der Waals surface area contributed by atoms with Crippen molar-refractivity contribution in [2.75, 3.05) is 6.54 Å². The first-order chi connectivity index (χ1) is 18.2. The second-order valence-electron chi connectivity index (χ2n) is 9.14. The van der Waals surface area contributed by atoms with E-state index < -0.39 is 0 Å². The zero-order chi connectivity index (χ0) is 25.9. The first-order valence-electron chi connectivity index (χ1n) is 12.7. The Hall–Kier alpha value is -3.89. The molecule has 0 saturated carbocycles. The maximum atomic E-state index is 9.71. The van der Waals surface area contributed by atoms with E-state index in [4.69, 9.17) is 11.6 Å². The fourth-order valence-corrected chi connectivity index (χ4v) is 4.80. The Bertz CT molecular complexity index is 1360. The summed E-state index contributed by atoms with van der Waals surface area (Å²) in [5, 5.41) is 23.4. The molecule has 0 radical (unpaired) electrons. The molecule has 4 aromatic carbocycles. The van der Waals surface area contributed by atoms with Crippen LogP contribution in [0.1, 0.15) is 46.7 Å². The molecule has 0 spiro atoms. The third kappa shape index (κ3) is 7.31. The molecule has 0 aliphatic carbocycles. The van der Waals surface area contributed by atoms with E-state index >= 15 is 0 Å². The Kier molecular flexibility index (Phi) is 9.50. The summed E-state index contributed by atoms with van der Waals surface area (Å²) < 4.78 is 0. The monoisotopic (exact) mass is 503 g/mol. The van der Waals surface area contributed by atoms with Crippen LogP contribution in [-0.2, 0) is 19.3 Å². The lowest BCUT2D eigenvalue weighted by Gasteiger charge is -2.18. The van der Waals surface area contributed by atoms with Gasteiger partial charge in [-0.3, -0.25) is 0 Å². The summed E-state index contributed by atoms with van der Waals surface area (Å²) in [6, 6.07) is 37.4. The Balaban J connectivity index is 1.37. The topological polar surface area (TPSA) is 59.6 Å². The summed E-state index contributed by atoms with van der Waals surface area (Å²) >= 11 is 6.02. The number of rotatable bonds is 11. The normalized spacial score (nSPS) is 11.4. The third-order valence-corrected chi connectivity index (χ3v) is 6.95. The number of hydrogen-bond acceptors (Lipinski definition) is 3. The molecular weight excluding hydrogens is 474 g/mol. The Labute approximate surface area is 225 Å². The van der Waals surface area contributed by atoms with Crippen LogP contribution in [0.25, 0.3) is 11.1 Å². The molecule has 1 unspecified atom stereocenters. The van der Waals surface area contributed by atoms with Crippen molar-refractivity contribution < 1.29 is 0 Å². The van der Waals surface area contributed by atoms with Crippen LogP contribution in [0.15, 0.2) is 97.1 Å². The zero-order valence-electron chi connectivity index (χ0n) is 20.8. The number of nitrogens with one attached hydrogen (secondary N) is 1. The minimum atomic E-state index is -0.0228. The van der Waals surface area contributed by atoms with Gasteiger partial charge in [-0.1, -0.05) is 90.5 Å². The number of nitrogens with zero attached hydrogens (tertiary/aromatic N) is 2. The van der Waals surface area contributed by atoms with Crippen LogP contribution in [0.3, 0.4) is 0 Å². The first-order valence-corrected chi connectivity index (χ1v) is 13.1. The van der Waals surface area contributed by atoms with Gasteiger partial charge in [0.2, 0.25) is 0 Å². The van der Waals surface area contributed by atoms with Crippen molar-refractivity contribution in [3.05, 3.63) is 130 Å². The number of halogens is 1. The summed E-state index contributed by atoms with van der Waals surface area (Å²) in [5.74, 6) is 0. The highest BCUT2D eigenvalue weighted by atomic mass is 35.5. The molecule has 4 aromatic rings. The highest BCUT2D eigenvalue weighted by Gasteiger charge is 2.13. The lowest BCUT2D eigenvalue weighted by Crippen LogP contribution is -2.22. The molecule has 0 fully saturated rings. The van der Waals surface area contributed by atoms with Crippen LogP contribution in [0.4, 0.5) is 0 Å². The van der Waals surface area contributed by atoms with E-state index in [0.717, 1.165) is 53.9 Å². The third-order valence-electron chi connectivity index (χ3n) is 6.70. The average molecular weight is 504 g/mol. The van der Waals surface area contributed by atoms with Gasteiger partial charge in [0.1, 0.15) is 0 Å². The Morgan fingerprint density at radius 1 is 0.730 bits per heavy atom. The van der Waals surface area contributed by atoms with Crippen LogP contribution in [-0.4, -0.2) is 6.54 Å². The van der Waals surface area contributed by atoms with Crippen LogP contribution in [0.5, 0.6) is 0 Å². The van der Waals surface area contributed by atoms with Crippen molar-refractivity contribution in [2.45, 2.75) is 38.1 Å². The lowest BCUT2D eigenvalue weighted by atomic mass is 9.93. The van der Waals surface area contributed by atoms with E-state index in [-0.39, 0.29) is 6.04 Å². The van der Waals surface area contributed by atoms with Gasteiger partial charge in [-0.15, -0.1) is 0 Å². The molecule has 1 N–H and O–H groups in total. The number of hydrogen-bond donors (Lipinski definition) is 1. The summed E-state index contributed by atoms with van der Waals surface area (Å²) in [5.41, 5.74) is 7.79. The second-order valence-corrected chi connectivity index (χ2v) is 9.58.